The molecular formula is C39H22F8. The number of halogens is 8. The molecule has 0 spiro atoms. The number of hydrogen-bond acceptors (Lipinski definition) is 0. The molecule has 8 heteroatoms. The van der Waals surface area contributed by atoms with Crippen molar-refractivity contribution >= 4 is 0 Å². The fourth-order valence-electron chi connectivity index (χ4n) is 6.69. The molecule has 6 aromatic rings. The van der Waals surface area contributed by atoms with Gasteiger partial charge in [0.2, 0.25) is 0 Å². The molecular weight excluding hydrogens is 620 g/mol. The molecule has 0 radical (unpaired) electrons. The SMILES string of the molecule is Fc1ccc(-c2ccc3c(c2)C(c2ccccc2)(c2ccccc2)c2cc(-c4ccc(F)c(C(F)(F)F)c4)ccc2-3)cc1C(F)(F)F. The Morgan fingerprint density at radius 3 is 1.09 bits per heavy atom. The van der Waals surface area contributed by atoms with Crippen molar-refractivity contribution in [1.29, 1.82) is 0 Å². The molecule has 0 aromatic heterocycles. The highest BCUT2D eigenvalue weighted by Gasteiger charge is 2.46. The van der Waals surface area contributed by atoms with Crippen LogP contribution in [0.15, 0.2) is 133 Å². The summed E-state index contributed by atoms with van der Waals surface area (Å²) in [6, 6.07) is 35.1. The van der Waals surface area contributed by atoms with Crippen LogP contribution >= 0.6 is 0 Å². The summed E-state index contributed by atoms with van der Waals surface area (Å²) in [5, 5.41) is 0. The van der Waals surface area contributed by atoms with E-state index < -0.39 is 40.5 Å². The van der Waals surface area contributed by atoms with Crippen LogP contribution in [-0.4, -0.2) is 0 Å². The number of hydrogen-bond donors (Lipinski definition) is 0. The zero-order valence-electron chi connectivity index (χ0n) is 24.2. The molecule has 0 fully saturated rings. The van der Waals surface area contributed by atoms with Crippen molar-refractivity contribution in [1.82, 2.24) is 0 Å². The Balaban J connectivity index is 1.52. The van der Waals surface area contributed by atoms with Gasteiger partial charge in [-0.05, 0) is 92.0 Å². The maximum atomic E-state index is 14.2. The molecule has 0 aliphatic heterocycles. The van der Waals surface area contributed by atoms with Gasteiger partial charge in [0, 0.05) is 0 Å². The first kappa shape index (κ1) is 30.4. The number of benzene rings is 6. The maximum absolute atomic E-state index is 14.2. The lowest BCUT2D eigenvalue weighted by molar-refractivity contribution is -0.140. The Bertz CT molecular complexity index is 1970. The smallest absolute Gasteiger partial charge is 0.206 e. The van der Waals surface area contributed by atoms with Crippen molar-refractivity contribution in [3.05, 3.63) is 178 Å². The van der Waals surface area contributed by atoms with Crippen LogP contribution in [0.25, 0.3) is 33.4 Å². The summed E-state index contributed by atoms with van der Waals surface area (Å²) in [4.78, 5) is 0. The third-order valence-electron chi connectivity index (χ3n) is 8.76. The van der Waals surface area contributed by atoms with Gasteiger partial charge in [0.05, 0.1) is 16.5 Å². The molecule has 0 N–H and O–H groups in total. The Morgan fingerprint density at radius 2 is 0.723 bits per heavy atom. The Kier molecular flexibility index (Phi) is 7.08. The van der Waals surface area contributed by atoms with Crippen LogP contribution in [0.4, 0.5) is 35.1 Å². The molecule has 234 valence electrons. The molecule has 0 heterocycles. The number of alkyl halides is 6. The topological polar surface area (TPSA) is 0 Å². The Hall–Kier alpha value is -5.24. The standard InChI is InChI=1S/C39H22F8/c40-35-17-13-25(21-33(35)38(42,43)44)23-11-15-29-30-16-12-24(26-14-18-36(41)34(22-26)39(45,46)47)20-32(30)37(31(29)19-23,27-7-3-1-4-8-27)28-9-5-2-6-10-28/h1-22H. The van der Waals surface area contributed by atoms with E-state index in [0.717, 1.165) is 57.6 Å². The van der Waals surface area contributed by atoms with Gasteiger partial charge >= 0.3 is 12.4 Å². The van der Waals surface area contributed by atoms with Gasteiger partial charge in [0.15, 0.2) is 0 Å². The van der Waals surface area contributed by atoms with Gasteiger partial charge in [-0.1, -0.05) is 97.1 Å². The minimum absolute atomic E-state index is 0.166. The van der Waals surface area contributed by atoms with Crippen molar-refractivity contribution < 1.29 is 35.1 Å². The van der Waals surface area contributed by atoms with Gasteiger partial charge < -0.3 is 0 Å². The van der Waals surface area contributed by atoms with E-state index >= 15 is 0 Å². The summed E-state index contributed by atoms with van der Waals surface area (Å²) >= 11 is 0. The first-order valence-electron chi connectivity index (χ1n) is 14.5. The second-order valence-electron chi connectivity index (χ2n) is 11.4. The van der Waals surface area contributed by atoms with Crippen LogP contribution in [0.5, 0.6) is 0 Å². The lowest BCUT2D eigenvalue weighted by atomic mass is 9.67. The largest absolute Gasteiger partial charge is 0.419 e. The highest BCUT2D eigenvalue weighted by atomic mass is 19.4. The van der Waals surface area contributed by atoms with Gasteiger partial charge in [-0.3, -0.25) is 0 Å². The highest BCUT2D eigenvalue weighted by molar-refractivity contribution is 5.90. The van der Waals surface area contributed by atoms with Gasteiger partial charge in [-0.25, -0.2) is 8.78 Å². The molecule has 6 aromatic carbocycles. The van der Waals surface area contributed by atoms with E-state index in [1.165, 1.54) is 12.1 Å². The average Bonchev–Trinajstić information content (AvgIpc) is 3.34. The van der Waals surface area contributed by atoms with Crippen LogP contribution in [0.2, 0.25) is 0 Å². The summed E-state index contributed by atoms with van der Waals surface area (Å²) in [5.74, 6) is -2.75. The zero-order chi connectivity index (χ0) is 33.1. The van der Waals surface area contributed by atoms with Crippen LogP contribution in [0.1, 0.15) is 33.4 Å². The summed E-state index contributed by atoms with van der Waals surface area (Å²) in [5.41, 5.74) is 2.00. The van der Waals surface area contributed by atoms with Gasteiger partial charge in [-0.2, -0.15) is 26.3 Å². The normalized spacial score (nSPS) is 13.7. The predicted octanol–water partition coefficient (Wildman–Crippen LogP) is 11.7. The molecule has 0 saturated heterocycles. The van der Waals surface area contributed by atoms with Gasteiger partial charge in [0.25, 0.3) is 0 Å². The van der Waals surface area contributed by atoms with Crippen LogP contribution in [-0.2, 0) is 17.8 Å². The van der Waals surface area contributed by atoms with E-state index in [-0.39, 0.29) is 11.1 Å². The van der Waals surface area contributed by atoms with Gasteiger partial charge in [-0.15, -0.1) is 0 Å². The van der Waals surface area contributed by atoms with Crippen LogP contribution in [0.3, 0.4) is 0 Å². The Labute approximate surface area is 264 Å². The first-order valence-corrected chi connectivity index (χ1v) is 14.5. The van der Waals surface area contributed by atoms with Crippen molar-refractivity contribution in [3.8, 4) is 33.4 Å². The number of rotatable bonds is 4. The van der Waals surface area contributed by atoms with E-state index in [4.69, 9.17) is 0 Å². The fourth-order valence-corrected chi connectivity index (χ4v) is 6.69. The van der Waals surface area contributed by atoms with Crippen LogP contribution in [0, 0.1) is 11.6 Å². The predicted molar refractivity (Wildman–Crippen MR) is 165 cm³/mol. The van der Waals surface area contributed by atoms with E-state index in [1.54, 1.807) is 36.4 Å². The molecule has 0 saturated carbocycles. The minimum Gasteiger partial charge on any atom is -0.206 e. The molecule has 0 amide bonds. The third kappa shape index (κ3) is 4.99. The highest BCUT2D eigenvalue weighted by Crippen LogP contribution is 2.57. The van der Waals surface area contributed by atoms with E-state index in [2.05, 4.69) is 0 Å². The molecule has 0 nitrogen and oxygen atoms in total. The number of fused-ring (bicyclic) bond motifs is 3. The lowest BCUT2D eigenvalue weighted by Gasteiger charge is -2.34. The fraction of sp³-hybridized carbons (Fsp3) is 0.0769. The summed E-state index contributed by atoms with van der Waals surface area (Å²) in [6.45, 7) is 0. The Morgan fingerprint density at radius 1 is 0.383 bits per heavy atom. The second kappa shape index (κ2) is 10.9. The van der Waals surface area contributed by atoms with E-state index in [9.17, 15) is 35.1 Å². The summed E-state index contributed by atoms with van der Waals surface area (Å²) in [6.07, 6.45) is -9.79. The quantitative estimate of drug-likeness (QED) is 0.168. The zero-order valence-corrected chi connectivity index (χ0v) is 24.2. The van der Waals surface area contributed by atoms with Gasteiger partial charge in [0.1, 0.15) is 11.6 Å². The van der Waals surface area contributed by atoms with E-state index in [1.807, 2.05) is 60.7 Å². The third-order valence-corrected chi connectivity index (χ3v) is 8.76. The second-order valence-corrected chi connectivity index (χ2v) is 11.4. The monoisotopic (exact) mass is 642 g/mol. The molecule has 0 atom stereocenters. The molecule has 0 unspecified atom stereocenters. The molecule has 1 aliphatic rings. The minimum atomic E-state index is -4.90. The molecule has 47 heavy (non-hydrogen) atoms. The molecule has 7 rings (SSSR count). The maximum Gasteiger partial charge on any atom is 0.419 e. The summed E-state index contributed by atoms with van der Waals surface area (Å²) < 4.78 is 111. The van der Waals surface area contributed by atoms with E-state index in [0.29, 0.717) is 11.1 Å². The first-order chi connectivity index (χ1) is 22.4. The average molecular weight is 643 g/mol. The summed E-state index contributed by atoms with van der Waals surface area (Å²) in [7, 11) is 0. The van der Waals surface area contributed by atoms with Crippen molar-refractivity contribution in [2.45, 2.75) is 17.8 Å². The lowest BCUT2D eigenvalue weighted by Crippen LogP contribution is -2.28. The van der Waals surface area contributed by atoms with Crippen LogP contribution < -0.4 is 0 Å². The molecule has 0 bridgehead atoms. The van der Waals surface area contributed by atoms with Crippen molar-refractivity contribution in [2.24, 2.45) is 0 Å². The van der Waals surface area contributed by atoms with Crippen molar-refractivity contribution in [3.63, 3.8) is 0 Å². The molecule has 1 aliphatic carbocycles. The van der Waals surface area contributed by atoms with Crippen molar-refractivity contribution in [2.75, 3.05) is 0 Å².